The van der Waals surface area contributed by atoms with E-state index in [0.717, 1.165) is 15.6 Å². The molecule has 1 aromatic heterocycles. The predicted molar refractivity (Wildman–Crippen MR) is 83.6 cm³/mol. The highest BCUT2D eigenvalue weighted by Crippen LogP contribution is 2.25. The number of aryl methyl sites for hydroxylation is 1. The van der Waals surface area contributed by atoms with Crippen LogP contribution in [0.15, 0.2) is 47.2 Å². The first-order chi connectivity index (χ1) is 9.52. The van der Waals surface area contributed by atoms with Crippen LogP contribution in [0.2, 0.25) is 0 Å². The number of amides is 1. The van der Waals surface area contributed by atoms with Gasteiger partial charge in [-0.25, -0.2) is 0 Å². The molecule has 0 aliphatic carbocycles. The summed E-state index contributed by atoms with van der Waals surface area (Å²) in [5.41, 5.74) is 2.81. The normalized spacial score (nSPS) is 12.0. The van der Waals surface area contributed by atoms with Crippen molar-refractivity contribution in [3.63, 3.8) is 0 Å². The molecule has 4 heteroatoms. The standard InChI is InChI=1S/C16H17BrN2O/c1-11-5-4-6-14(15(11)17)16(20)19(3)12(2)13-7-9-18-10-8-13/h4-10,12H,1-3H3. The summed E-state index contributed by atoms with van der Waals surface area (Å²) in [5, 5.41) is 0. The van der Waals surface area contributed by atoms with Crippen molar-refractivity contribution in [2.45, 2.75) is 19.9 Å². The highest BCUT2D eigenvalue weighted by molar-refractivity contribution is 9.10. The number of carbonyl (C=O) groups excluding carboxylic acids is 1. The van der Waals surface area contributed by atoms with Crippen molar-refractivity contribution in [1.82, 2.24) is 9.88 Å². The molecule has 104 valence electrons. The molecule has 0 spiro atoms. The molecule has 1 aromatic carbocycles. The molecule has 0 radical (unpaired) electrons. The fourth-order valence-corrected chi connectivity index (χ4v) is 2.48. The average molecular weight is 333 g/mol. The van der Waals surface area contributed by atoms with Crippen LogP contribution in [-0.4, -0.2) is 22.8 Å². The van der Waals surface area contributed by atoms with Gasteiger partial charge in [-0.3, -0.25) is 9.78 Å². The van der Waals surface area contributed by atoms with Crippen LogP contribution in [0.3, 0.4) is 0 Å². The fourth-order valence-electron chi connectivity index (χ4n) is 2.04. The molecule has 0 bridgehead atoms. The molecule has 1 atom stereocenters. The van der Waals surface area contributed by atoms with Gasteiger partial charge in [-0.15, -0.1) is 0 Å². The molecule has 0 saturated heterocycles. The Morgan fingerprint density at radius 2 is 1.90 bits per heavy atom. The number of aromatic nitrogens is 1. The number of hydrogen-bond donors (Lipinski definition) is 0. The first-order valence-electron chi connectivity index (χ1n) is 6.44. The molecule has 20 heavy (non-hydrogen) atoms. The van der Waals surface area contributed by atoms with Crippen LogP contribution < -0.4 is 0 Å². The van der Waals surface area contributed by atoms with Crippen LogP contribution in [0.1, 0.15) is 34.5 Å². The second-order valence-corrected chi connectivity index (χ2v) is 5.60. The summed E-state index contributed by atoms with van der Waals surface area (Å²) in [6.07, 6.45) is 3.49. The van der Waals surface area contributed by atoms with E-state index in [-0.39, 0.29) is 11.9 Å². The SMILES string of the molecule is Cc1cccc(C(=O)N(C)C(C)c2ccncc2)c1Br. The summed E-state index contributed by atoms with van der Waals surface area (Å²) in [6.45, 7) is 3.99. The van der Waals surface area contributed by atoms with Gasteiger partial charge in [-0.1, -0.05) is 12.1 Å². The number of nitrogens with zero attached hydrogens (tertiary/aromatic N) is 2. The lowest BCUT2D eigenvalue weighted by atomic mass is 10.1. The minimum atomic E-state index is -0.00193. The van der Waals surface area contributed by atoms with E-state index in [4.69, 9.17) is 0 Å². The van der Waals surface area contributed by atoms with E-state index in [1.807, 2.05) is 51.2 Å². The quantitative estimate of drug-likeness (QED) is 0.851. The van der Waals surface area contributed by atoms with Gasteiger partial charge in [-0.05, 0) is 59.1 Å². The Morgan fingerprint density at radius 1 is 1.25 bits per heavy atom. The molecule has 2 rings (SSSR count). The van der Waals surface area contributed by atoms with Gasteiger partial charge in [0.1, 0.15) is 0 Å². The summed E-state index contributed by atoms with van der Waals surface area (Å²) in [4.78, 5) is 18.4. The Kier molecular flexibility index (Phi) is 4.55. The van der Waals surface area contributed by atoms with Gasteiger partial charge in [0.25, 0.3) is 5.91 Å². The van der Waals surface area contributed by atoms with Gasteiger partial charge < -0.3 is 4.90 Å². The van der Waals surface area contributed by atoms with Crippen molar-refractivity contribution >= 4 is 21.8 Å². The molecule has 1 amide bonds. The van der Waals surface area contributed by atoms with Gasteiger partial charge >= 0.3 is 0 Å². The largest absolute Gasteiger partial charge is 0.335 e. The van der Waals surface area contributed by atoms with Crippen LogP contribution >= 0.6 is 15.9 Å². The van der Waals surface area contributed by atoms with Gasteiger partial charge in [0.15, 0.2) is 0 Å². The third kappa shape index (κ3) is 2.90. The summed E-state index contributed by atoms with van der Waals surface area (Å²) >= 11 is 3.50. The van der Waals surface area contributed by atoms with Gasteiger partial charge in [0, 0.05) is 23.9 Å². The molecule has 0 fully saturated rings. The van der Waals surface area contributed by atoms with Gasteiger partial charge in [-0.2, -0.15) is 0 Å². The second kappa shape index (κ2) is 6.18. The maximum atomic E-state index is 12.6. The van der Waals surface area contributed by atoms with E-state index in [1.54, 1.807) is 17.3 Å². The van der Waals surface area contributed by atoms with Gasteiger partial charge in [0.2, 0.25) is 0 Å². The summed E-state index contributed by atoms with van der Waals surface area (Å²) in [6, 6.07) is 9.58. The zero-order valence-corrected chi connectivity index (χ0v) is 13.4. The third-order valence-electron chi connectivity index (χ3n) is 3.51. The smallest absolute Gasteiger partial charge is 0.255 e. The Bertz CT molecular complexity index is 613. The maximum Gasteiger partial charge on any atom is 0.255 e. The zero-order valence-electron chi connectivity index (χ0n) is 11.8. The van der Waals surface area contributed by atoms with E-state index >= 15 is 0 Å². The molecule has 1 unspecified atom stereocenters. The van der Waals surface area contributed by atoms with Crippen LogP contribution in [0.25, 0.3) is 0 Å². The van der Waals surface area contributed by atoms with Crippen LogP contribution in [0, 0.1) is 6.92 Å². The first kappa shape index (κ1) is 14.7. The van der Waals surface area contributed by atoms with Crippen molar-refractivity contribution in [2.75, 3.05) is 7.05 Å². The molecule has 0 aliphatic heterocycles. The number of benzene rings is 1. The minimum Gasteiger partial charge on any atom is -0.335 e. The Hall–Kier alpha value is -1.68. The molecular formula is C16H17BrN2O. The van der Waals surface area contributed by atoms with Crippen molar-refractivity contribution in [1.29, 1.82) is 0 Å². The summed E-state index contributed by atoms with van der Waals surface area (Å²) in [5.74, 6) is 0.00453. The first-order valence-corrected chi connectivity index (χ1v) is 7.24. The molecule has 3 nitrogen and oxygen atoms in total. The van der Waals surface area contributed by atoms with Crippen molar-refractivity contribution in [2.24, 2.45) is 0 Å². The highest BCUT2D eigenvalue weighted by Gasteiger charge is 2.21. The third-order valence-corrected chi connectivity index (χ3v) is 4.56. The zero-order chi connectivity index (χ0) is 14.7. The Balaban J connectivity index is 2.27. The van der Waals surface area contributed by atoms with Crippen LogP contribution in [0.4, 0.5) is 0 Å². The molecule has 0 N–H and O–H groups in total. The molecule has 2 aromatic rings. The van der Waals surface area contributed by atoms with E-state index in [9.17, 15) is 4.79 Å². The van der Waals surface area contributed by atoms with Crippen molar-refractivity contribution < 1.29 is 4.79 Å². The lowest BCUT2D eigenvalue weighted by molar-refractivity contribution is 0.0741. The number of hydrogen-bond acceptors (Lipinski definition) is 2. The van der Waals surface area contributed by atoms with E-state index in [1.165, 1.54) is 0 Å². The number of carbonyl (C=O) groups is 1. The summed E-state index contributed by atoms with van der Waals surface area (Å²) in [7, 11) is 1.82. The monoisotopic (exact) mass is 332 g/mol. The number of pyridine rings is 1. The second-order valence-electron chi connectivity index (χ2n) is 4.81. The summed E-state index contributed by atoms with van der Waals surface area (Å²) < 4.78 is 0.860. The van der Waals surface area contributed by atoms with Crippen molar-refractivity contribution in [3.8, 4) is 0 Å². The fraction of sp³-hybridized carbons (Fsp3) is 0.250. The Morgan fingerprint density at radius 3 is 2.55 bits per heavy atom. The molecule has 0 saturated carbocycles. The maximum absolute atomic E-state index is 12.6. The van der Waals surface area contributed by atoms with Gasteiger partial charge in [0.05, 0.1) is 11.6 Å². The lowest BCUT2D eigenvalue weighted by Crippen LogP contribution is -2.30. The van der Waals surface area contributed by atoms with Crippen LogP contribution in [0.5, 0.6) is 0 Å². The average Bonchev–Trinajstić information content (AvgIpc) is 2.48. The molecule has 0 aliphatic rings. The lowest BCUT2D eigenvalue weighted by Gasteiger charge is -2.26. The molecular weight excluding hydrogens is 316 g/mol. The van der Waals surface area contributed by atoms with Crippen LogP contribution in [-0.2, 0) is 0 Å². The minimum absolute atomic E-state index is 0.00193. The predicted octanol–water partition coefficient (Wildman–Crippen LogP) is 3.99. The van der Waals surface area contributed by atoms with E-state index in [2.05, 4.69) is 20.9 Å². The number of rotatable bonds is 3. The van der Waals surface area contributed by atoms with Crippen molar-refractivity contribution in [3.05, 3.63) is 63.9 Å². The molecule has 1 heterocycles. The Labute approximate surface area is 127 Å². The highest BCUT2D eigenvalue weighted by atomic mass is 79.9. The topological polar surface area (TPSA) is 33.2 Å². The van der Waals surface area contributed by atoms with E-state index in [0.29, 0.717) is 5.56 Å². The number of halogens is 1. The van der Waals surface area contributed by atoms with E-state index < -0.39 is 0 Å².